The Hall–Kier alpha value is -0.380. The Morgan fingerprint density at radius 3 is 2.29 bits per heavy atom. The summed E-state index contributed by atoms with van der Waals surface area (Å²) in [5.74, 6) is 0. The third-order valence-corrected chi connectivity index (χ3v) is 2.85. The zero-order valence-corrected chi connectivity index (χ0v) is 12.7. The molecule has 1 atom stereocenters. The fraction of sp³-hybridized carbons (Fsp3) is 0.571. The molecule has 0 saturated heterocycles. The average Bonchev–Trinajstić information content (AvgIpc) is 2.24. The van der Waals surface area contributed by atoms with Crippen LogP contribution in [0.25, 0.3) is 0 Å². The molecule has 0 aliphatic rings. The number of hydrogen-bond acceptors (Lipinski definition) is 2. The summed E-state index contributed by atoms with van der Waals surface area (Å²) < 4.78 is 7.18. The van der Waals surface area contributed by atoms with Crippen molar-refractivity contribution in [3.63, 3.8) is 0 Å². The molecule has 1 aromatic rings. The van der Waals surface area contributed by atoms with E-state index in [0.717, 1.165) is 17.6 Å². The zero-order chi connectivity index (χ0) is 12.9. The Bertz CT molecular complexity index is 329. The van der Waals surface area contributed by atoms with Crippen LogP contribution in [0.4, 0.5) is 0 Å². The highest BCUT2D eigenvalue weighted by Gasteiger charge is 2.19. The minimum absolute atomic E-state index is 0.100. The molecule has 3 heteroatoms. The summed E-state index contributed by atoms with van der Waals surface area (Å²) in [5, 5.41) is 3.35. The highest BCUT2D eigenvalue weighted by molar-refractivity contribution is 9.10. The minimum atomic E-state index is -0.132. The molecule has 0 radical (unpaired) electrons. The van der Waals surface area contributed by atoms with Crippen LogP contribution >= 0.6 is 15.9 Å². The fourth-order valence-electron chi connectivity index (χ4n) is 1.61. The van der Waals surface area contributed by atoms with E-state index in [1.165, 1.54) is 5.56 Å². The Labute approximate surface area is 113 Å². The third-order valence-electron chi connectivity index (χ3n) is 2.32. The van der Waals surface area contributed by atoms with E-state index in [1.54, 1.807) is 0 Å². The van der Waals surface area contributed by atoms with Crippen molar-refractivity contribution in [2.75, 3.05) is 13.1 Å². The standard InChI is InChI=1S/C14H22BrNO/c1-5-16-10-13(17-14(2,3)4)11-6-8-12(15)9-7-11/h6-9,13,16H,5,10H2,1-4H3. The van der Waals surface area contributed by atoms with Gasteiger partial charge in [-0.2, -0.15) is 0 Å². The van der Waals surface area contributed by atoms with E-state index >= 15 is 0 Å². The van der Waals surface area contributed by atoms with E-state index in [2.05, 4.69) is 73.2 Å². The van der Waals surface area contributed by atoms with Crippen molar-refractivity contribution in [3.05, 3.63) is 34.3 Å². The maximum atomic E-state index is 6.09. The van der Waals surface area contributed by atoms with Crippen LogP contribution in [0.5, 0.6) is 0 Å². The van der Waals surface area contributed by atoms with Gasteiger partial charge in [-0.3, -0.25) is 0 Å². The van der Waals surface area contributed by atoms with Crippen molar-refractivity contribution in [2.24, 2.45) is 0 Å². The molecule has 1 rings (SSSR count). The molecule has 0 saturated carbocycles. The van der Waals surface area contributed by atoms with Gasteiger partial charge in [0.1, 0.15) is 0 Å². The summed E-state index contributed by atoms with van der Waals surface area (Å²) in [6.07, 6.45) is 0.100. The molecule has 1 aromatic carbocycles. The van der Waals surface area contributed by atoms with E-state index in [0.29, 0.717) is 0 Å². The molecular formula is C14H22BrNO. The van der Waals surface area contributed by atoms with Crippen molar-refractivity contribution in [3.8, 4) is 0 Å². The Kier molecular flexibility index (Phi) is 5.63. The van der Waals surface area contributed by atoms with Crippen LogP contribution in [0, 0.1) is 0 Å². The Morgan fingerprint density at radius 2 is 1.82 bits per heavy atom. The molecule has 1 unspecified atom stereocenters. The molecule has 0 spiro atoms. The van der Waals surface area contributed by atoms with Gasteiger partial charge in [-0.15, -0.1) is 0 Å². The Balaban J connectivity index is 2.78. The lowest BCUT2D eigenvalue weighted by Gasteiger charge is -2.28. The number of nitrogens with one attached hydrogen (secondary N) is 1. The fourth-order valence-corrected chi connectivity index (χ4v) is 1.87. The van der Waals surface area contributed by atoms with Gasteiger partial charge >= 0.3 is 0 Å². The highest BCUT2D eigenvalue weighted by atomic mass is 79.9. The second-order valence-electron chi connectivity index (χ2n) is 5.08. The summed E-state index contributed by atoms with van der Waals surface area (Å²) in [6.45, 7) is 10.2. The molecule has 0 aliphatic heterocycles. The summed E-state index contributed by atoms with van der Waals surface area (Å²) in [4.78, 5) is 0. The Morgan fingerprint density at radius 1 is 1.24 bits per heavy atom. The van der Waals surface area contributed by atoms with Gasteiger partial charge in [-0.1, -0.05) is 35.0 Å². The second-order valence-corrected chi connectivity index (χ2v) is 5.99. The van der Waals surface area contributed by atoms with E-state index in [9.17, 15) is 0 Å². The van der Waals surface area contributed by atoms with Crippen molar-refractivity contribution < 1.29 is 4.74 Å². The number of ether oxygens (including phenoxy) is 1. The lowest BCUT2D eigenvalue weighted by molar-refractivity contribution is -0.0604. The first-order chi connectivity index (χ1) is 7.92. The quantitative estimate of drug-likeness (QED) is 0.890. The topological polar surface area (TPSA) is 21.3 Å². The number of benzene rings is 1. The predicted octanol–water partition coefficient (Wildman–Crippen LogP) is 3.91. The second kappa shape index (κ2) is 6.53. The third kappa shape index (κ3) is 5.66. The summed E-state index contributed by atoms with van der Waals surface area (Å²) in [7, 11) is 0. The minimum Gasteiger partial charge on any atom is -0.367 e. The first kappa shape index (κ1) is 14.7. The van der Waals surface area contributed by atoms with E-state index in [-0.39, 0.29) is 11.7 Å². The van der Waals surface area contributed by atoms with Crippen molar-refractivity contribution >= 4 is 15.9 Å². The number of halogens is 1. The van der Waals surface area contributed by atoms with Crippen LogP contribution in [0.1, 0.15) is 39.4 Å². The smallest absolute Gasteiger partial charge is 0.0956 e. The molecule has 0 aromatic heterocycles. The average molecular weight is 300 g/mol. The lowest BCUT2D eigenvalue weighted by Crippen LogP contribution is -2.29. The van der Waals surface area contributed by atoms with E-state index < -0.39 is 0 Å². The number of likely N-dealkylation sites (N-methyl/N-ethyl adjacent to an activating group) is 1. The maximum absolute atomic E-state index is 6.09. The molecule has 2 nitrogen and oxygen atoms in total. The number of hydrogen-bond donors (Lipinski definition) is 1. The maximum Gasteiger partial charge on any atom is 0.0956 e. The summed E-state index contributed by atoms with van der Waals surface area (Å²) in [5.41, 5.74) is 1.08. The van der Waals surface area contributed by atoms with Crippen LogP contribution in [0.3, 0.4) is 0 Å². The SMILES string of the molecule is CCNCC(OC(C)(C)C)c1ccc(Br)cc1. The van der Waals surface area contributed by atoms with E-state index in [4.69, 9.17) is 4.74 Å². The molecule has 96 valence electrons. The van der Waals surface area contributed by atoms with Gasteiger partial charge in [-0.05, 0) is 45.0 Å². The van der Waals surface area contributed by atoms with Gasteiger partial charge in [0.15, 0.2) is 0 Å². The first-order valence-electron chi connectivity index (χ1n) is 6.06. The van der Waals surface area contributed by atoms with Crippen LogP contribution in [-0.2, 0) is 4.74 Å². The molecule has 0 fully saturated rings. The summed E-state index contributed by atoms with van der Waals surface area (Å²) >= 11 is 3.45. The van der Waals surface area contributed by atoms with Crippen molar-refractivity contribution in [2.45, 2.75) is 39.4 Å². The highest BCUT2D eigenvalue weighted by Crippen LogP contribution is 2.24. The molecule has 0 heterocycles. The monoisotopic (exact) mass is 299 g/mol. The van der Waals surface area contributed by atoms with Gasteiger partial charge in [0.25, 0.3) is 0 Å². The lowest BCUT2D eigenvalue weighted by atomic mass is 10.1. The van der Waals surface area contributed by atoms with Crippen LogP contribution < -0.4 is 5.32 Å². The largest absolute Gasteiger partial charge is 0.367 e. The van der Waals surface area contributed by atoms with Gasteiger partial charge in [-0.25, -0.2) is 0 Å². The van der Waals surface area contributed by atoms with Crippen molar-refractivity contribution in [1.82, 2.24) is 5.32 Å². The van der Waals surface area contributed by atoms with Crippen LogP contribution in [0.15, 0.2) is 28.7 Å². The zero-order valence-electron chi connectivity index (χ0n) is 11.1. The molecule has 17 heavy (non-hydrogen) atoms. The van der Waals surface area contributed by atoms with Gasteiger partial charge in [0.05, 0.1) is 11.7 Å². The van der Waals surface area contributed by atoms with Gasteiger partial charge in [0, 0.05) is 11.0 Å². The predicted molar refractivity (Wildman–Crippen MR) is 76.3 cm³/mol. The normalized spacial score (nSPS) is 13.7. The molecule has 1 N–H and O–H groups in total. The summed E-state index contributed by atoms with van der Waals surface area (Å²) in [6, 6.07) is 8.33. The van der Waals surface area contributed by atoms with Crippen LogP contribution in [0.2, 0.25) is 0 Å². The molecule has 0 bridgehead atoms. The first-order valence-corrected chi connectivity index (χ1v) is 6.85. The van der Waals surface area contributed by atoms with Crippen LogP contribution in [-0.4, -0.2) is 18.7 Å². The van der Waals surface area contributed by atoms with E-state index in [1.807, 2.05) is 0 Å². The number of rotatable bonds is 5. The molecular weight excluding hydrogens is 278 g/mol. The molecule has 0 aliphatic carbocycles. The van der Waals surface area contributed by atoms with Crippen molar-refractivity contribution in [1.29, 1.82) is 0 Å². The van der Waals surface area contributed by atoms with Gasteiger partial charge in [0.2, 0.25) is 0 Å². The molecule has 0 amide bonds. The van der Waals surface area contributed by atoms with Gasteiger partial charge < -0.3 is 10.1 Å².